The van der Waals surface area contributed by atoms with E-state index in [1.54, 1.807) is 47.4 Å². The van der Waals surface area contributed by atoms with Crippen LogP contribution < -0.4 is 15.0 Å². The molecular weight excluding hydrogens is 572 g/mol. The van der Waals surface area contributed by atoms with Gasteiger partial charge in [-0.05, 0) is 47.3 Å². The molecule has 1 aliphatic rings. The zero-order chi connectivity index (χ0) is 29.9. The molecule has 4 N–H and O–H groups in total. The van der Waals surface area contributed by atoms with Crippen LogP contribution in [0.4, 0.5) is 11.4 Å². The summed E-state index contributed by atoms with van der Waals surface area (Å²) in [4.78, 5) is 35.7. The molecule has 0 bridgehead atoms. The smallest absolute Gasteiger partial charge is 0.274 e. The maximum atomic E-state index is 13.7. The first kappa shape index (κ1) is 28.5. The topological polar surface area (TPSA) is 137 Å². The lowest BCUT2D eigenvalue weighted by molar-refractivity contribution is 0.0705. The number of hydrogen-bond donors (Lipinski definition) is 4. The molecule has 220 valence electrons. The Hall–Kier alpha value is -4.64. The van der Waals surface area contributed by atoms with Crippen LogP contribution in [0, 0.1) is 0 Å². The lowest BCUT2D eigenvalue weighted by Crippen LogP contribution is -2.30. The number of aromatic amines is 1. The van der Waals surface area contributed by atoms with Gasteiger partial charge in [-0.1, -0.05) is 24.3 Å². The van der Waals surface area contributed by atoms with Crippen LogP contribution >= 0.6 is 11.6 Å². The van der Waals surface area contributed by atoms with E-state index in [9.17, 15) is 14.7 Å². The molecule has 1 atom stereocenters. The number of ether oxygens (including phenoxy) is 2. The second kappa shape index (κ2) is 12.3. The number of pyridine rings is 1. The fourth-order valence-corrected chi connectivity index (χ4v) is 5.63. The van der Waals surface area contributed by atoms with Gasteiger partial charge in [0.2, 0.25) is 0 Å². The maximum Gasteiger partial charge on any atom is 0.274 e. The van der Waals surface area contributed by atoms with E-state index in [4.69, 9.17) is 26.2 Å². The third kappa shape index (κ3) is 5.72. The quantitative estimate of drug-likeness (QED) is 0.130. The van der Waals surface area contributed by atoms with Gasteiger partial charge in [0.25, 0.3) is 11.8 Å². The first-order valence-electron chi connectivity index (χ1n) is 13.8. The van der Waals surface area contributed by atoms with Crippen LogP contribution in [0.15, 0.2) is 72.9 Å². The minimum Gasteiger partial charge on any atom is -0.507 e. The number of rotatable bonds is 10. The van der Waals surface area contributed by atoms with Gasteiger partial charge in [0.1, 0.15) is 29.4 Å². The lowest BCUT2D eigenvalue weighted by Gasteiger charge is -2.17. The summed E-state index contributed by atoms with van der Waals surface area (Å²) in [6, 6.07) is 19.3. The minimum absolute atomic E-state index is 0.0391. The molecule has 2 aromatic heterocycles. The van der Waals surface area contributed by atoms with Crippen molar-refractivity contribution in [2.24, 2.45) is 0 Å². The van der Waals surface area contributed by atoms with Gasteiger partial charge >= 0.3 is 0 Å². The van der Waals surface area contributed by atoms with Crippen molar-refractivity contribution in [3.8, 4) is 11.5 Å². The summed E-state index contributed by atoms with van der Waals surface area (Å²) in [6.45, 7) is 1.29. The fraction of sp³-hybridized carbons (Fsp3) is 0.219. The Morgan fingerprint density at radius 2 is 1.84 bits per heavy atom. The van der Waals surface area contributed by atoms with E-state index in [0.29, 0.717) is 65.1 Å². The molecular formula is C32H29ClN4O6. The Labute approximate surface area is 251 Å². The van der Waals surface area contributed by atoms with E-state index >= 15 is 0 Å². The number of aliphatic hydroxyl groups is 1. The van der Waals surface area contributed by atoms with Crippen molar-refractivity contribution in [1.29, 1.82) is 0 Å². The summed E-state index contributed by atoms with van der Waals surface area (Å²) in [6.07, 6.45) is 1.52. The highest BCUT2D eigenvalue weighted by Crippen LogP contribution is 2.45. The molecule has 0 spiro atoms. The number of carbonyl (C=O) groups is 2. The molecule has 0 radical (unpaired) electrons. The summed E-state index contributed by atoms with van der Waals surface area (Å²) in [5, 5.41) is 24.5. The molecule has 43 heavy (non-hydrogen) atoms. The van der Waals surface area contributed by atoms with E-state index in [0.717, 1.165) is 16.3 Å². The van der Waals surface area contributed by atoms with E-state index < -0.39 is 0 Å². The number of hydrogen-bond acceptors (Lipinski definition) is 7. The molecule has 0 saturated carbocycles. The lowest BCUT2D eigenvalue weighted by atomic mass is 9.95. The monoisotopic (exact) mass is 600 g/mol. The Balaban J connectivity index is 1.17. The number of benzene rings is 3. The number of fused-ring (bicyclic) bond motifs is 4. The highest BCUT2D eigenvalue weighted by molar-refractivity contribution is 6.19. The second-order valence-electron chi connectivity index (χ2n) is 10.1. The Morgan fingerprint density at radius 1 is 1.05 bits per heavy atom. The SMILES string of the molecule is O=C(Nc1cnc2[nH]c(C(=O)N3C[C@@H](CCl)c4c3cc(O)c3ccccc43)cc2c1)c1ccc(OCCOCCO)cc1. The number of aliphatic hydroxyl groups excluding tert-OH is 1. The number of halogens is 1. The van der Waals surface area contributed by atoms with Gasteiger partial charge in [0.15, 0.2) is 0 Å². The number of aromatic nitrogens is 2. The van der Waals surface area contributed by atoms with Crippen LogP contribution in [0.2, 0.25) is 0 Å². The van der Waals surface area contributed by atoms with Crippen LogP contribution in [0.5, 0.6) is 11.5 Å². The molecule has 3 heterocycles. The molecule has 0 unspecified atom stereocenters. The molecule has 2 amide bonds. The summed E-state index contributed by atoms with van der Waals surface area (Å²) >= 11 is 6.33. The van der Waals surface area contributed by atoms with Gasteiger partial charge in [0.05, 0.1) is 37.4 Å². The van der Waals surface area contributed by atoms with Crippen molar-refractivity contribution in [2.75, 3.05) is 49.1 Å². The largest absolute Gasteiger partial charge is 0.507 e. The molecule has 6 rings (SSSR count). The van der Waals surface area contributed by atoms with Crippen LogP contribution in [-0.4, -0.2) is 70.8 Å². The van der Waals surface area contributed by atoms with Crippen molar-refractivity contribution in [3.63, 3.8) is 0 Å². The Bertz CT molecular complexity index is 1810. The number of nitrogens with one attached hydrogen (secondary N) is 2. The number of aromatic hydroxyl groups is 1. The molecule has 0 fully saturated rings. The number of carbonyl (C=O) groups excluding carboxylic acids is 2. The average Bonchev–Trinajstić information content (AvgIpc) is 3.62. The van der Waals surface area contributed by atoms with Gasteiger partial charge in [-0.25, -0.2) is 4.98 Å². The zero-order valence-corrected chi connectivity index (χ0v) is 23.8. The van der Waals surface area contributed by atoms with Crippen LogP contribution in [0.25, 0.3) is 21.8 Å². The van der Waals surface area contributed by atoms with Crippen molar-refractivity contribution < 1.29 is 29.3 Å². The van der Waals surface area contributed by atoms with Crippen molar-refractivity contribution in [2.45, 2.75) is 5.92 Å². The molecule has 3 aromatic carbocycles. The van der Waals surface area contributed by atoms with E-state index in [1.807, 2.05) is 24.3 Å². The number of anilines is 2. The highest BCUT2D eigenvalue weighted by Gasteiger charge is 2.35. The number of H-pyrrole nitrogens is 1. The predicted octanol–water partition coefficient (Wildman–Crippen LogP) is 5.04. The molecule has 0 saturated heterocycles. The zero-order valence-electron chi connectivity index (χ0n) is 23.0. The second-order valence-corrected chi connectivity index (χ2v) is 10.5. The first-order chi connectivity index (χ1) is 21.0. The average molecular weight is 601 g/mol. The van der Waals surface area contributed by atoms with Crippen molar-refractivity contribution in [1.82, 2.24) is 9.97 Å². The van der Waals surface area contributed by atoms with Crippen LogP contribution in [0.1, 0.15) is 32.3 Å². The van der Waals surface area contributed by atoms with E-state index in [-0.39, 0.29) is 36.7 Å². The maximum absolute atomic E-state index is 13.7. The highest BCUT2D eigenvalue weighted by atomic mass is 35.5. The summed E-state index contributed by atoms with van der Waals surface area (Å²) in [7, 11) is 0. The van der Waals surface area contributed by atoms with Crippen molar-refractivity contribution >= 4 is 56.6 Å². The predicted molar refractivity (Wildman–Crippen MR) is 165 cm³/mol. The van der Waals surface area contributed by atoms with Crippen LogP contribution in [-0.2, 0) is 4.74 Å². The molecule has 10 nitrogen and oxygen atoms in total. The fourth-order valence-electron chi connectivity index (χ4n) is 5.38. The Morgan fingerprint density at radius 3 is 2.60 bits per heavy atom. The number of nitrogens with zero attached hydrogens (tertiary/aromatic N) is 2. The van der Waals surface area contributed by atoms with E-state index in [1.165, 1.54) is 6.20 Å². The number of amides is 2. The number of alkyl halides is 1. The summed E-state index contributed by atoms with van der Waals surface area (Å²) in [5.74, 6) is 0.360. The number of phenolic OH excluding ortho intramolecular Hbond substituents is 1. The number of phenols is 1. The minimum atomic E-state index is -0.321. The van der Waals surface area contributed by atoms with E-state index in [2.05, 4.69) is 15.3 Å². The van der Waals surface area contributed by atoms with Gasteiger partial charge in [-0.15, -0.1) is 11.6 Å². The normalized spacial score (nSPS) is 14.3. The Kier molecular flexibility index (Phi) is 8.15. The molecule has 0 aliphatic carbocycles. The van der Waals surface area contributed by atoms with Gasteiger partial charge in [-0.2, -0.15) is 0 Å². The first-order valence-corrected chi connectivity index (χ1v) is 14.3. The molecule has 11 heteroatoms. The van der Waals surface area contributed by atoms with Gasteiger partial charge < -0.3 is 34.9 Å². The third-order valence-corrected chi connectivity index (χ3v) is 7.76. The summed E-state index contributed by atoms with van der Waals surface area (Å²) < 4.78 is 10.7. The molecule has 1 aliphatic heterocycles. The summed E-state index contributed by atoms with van der Waals surface area (Å²) in [5.41, 5.74) is 3.33. The standard InChI is InChI=1S/C32H29ClN4O6/c33-16-21-18-37(27-15-28(39)24-3-1-2-4-25(24)29(21)27)32(41)26-14-20-13-22(17-34-30(20)36-26)35-31(40)19-5-7-23(8-6-19)43-12-11-42-10-9-38/h1-8,13-15,17,21,38-39H,9-12,16,18H2,(H,34,36)(H,35,40)/t21-/m1/s1. The molecule has 5 aromatic rings. The third-order valence-electron chi connectivity index (χ3n) is 7.38. The van der Waals surface area contributed by atoms with Crippen molar-refractivity contribution in [3.05, 3.63) is 89.7 Å². The van der Waals surface area contributed by atoms with Gasteiger partial charge in [-0.3, -0.25) is 9.59 Å². The van der Waals surface area contributed by atoms with Crippen LogP contribution in [0.3, 0.4) is 0 Å². The van der Waals surface area contributed by atoms with Gasteiger partial charge in [0, 0.05) is 40.7 Å².